The van der Waals surface area contributed by atoms with E-state index in [4.69, 9.17) is 22.4 Å². The van der Waals surface area contributed by atoms with E-state index in [1.165, 1.54) is 5.56 Å². The maximum Gasteiger partial charge on any atom is 0.0851 e. The second-order valence-corrected chi connectivity index (χ2v) is 9.31. The molecule has 84 valence electrons. The highest BCUT2D eigenvalue weighted by molar-refractivity contribution is 8.64. The molecule has 0 spiro atoms. The molecular weight excluding hydrogens is 254 g/mol. The molecule has 0 unspecified atom stereocenters. The third-order valence-corrected chi connectivity index (χ3v) is 5.75. The Hall–Kier alpha value is -0.580. The van der Waals surface area contributed by atoms with E-state index in [-0.39, 0.29) is 0 Å². The van der Waals surface area contributed by atoms with Crippen LogP contribution in [0.5, 0.6) is 0 Å². The van der Waals surface area contributed by atoms with Crippen LogP contribution in [0, 0.1) is 0 Å². The third kappa shape index (κ3) is 2.97. The summed E-state index contributed by atoms with van der Waals surface area (Å²) in [6.45, 7) is 0. The highest BCUT2D eigenvalue weighted by Crippen LogP contribution is 2.14. The van der Waals surface area contributed by atoms with E-state index in [1.54, 1.807) is 6.20 Å². The predicted molar refractivity (Wildman–Crippen MR) is 78.1 cm³/mol. The SMILES string of the molecule is S=S1(=S)C=CN=C1CCCc1ccccc1. The molecule has 1 aliphatic heterocycles. The third-order valence-electron chi connectivity index (χ3n) is 2.49. The van der Waals surface area contributed by atoms with Crippen LogP contribution in [0.2, 0.25) is 0 Å². The normalized spacial score (nSPS) is 17.4. The van der Waals surface area contributed by atoms with E-state index in [1.807, 2.05) is 11.5 Å². The molecule has 1 nitrogen and oxygen atoms in total. The Morgan fingerprint density at radius 2 is 1.81 bits per heavy atom. The van der Waals surface area contributed by atoms with Crippen LogP contribution in [0.1, 0.15) is 18.4 Å². The van der Waals surface area contributed by atoms with Gasteiger partial charge in [-0.3, -0.25) is 4.99 Å². The van der Waals surface area contributed by atoms with Gasteiger partial charge in [0.25, 0.3) is 0 Å². The fraction of sp³-hybridized carbons (Fsp3) is 0.250. The number of rotatable bonds is 4. The topological polar surface area (TPSA) is 12.4 Å². The molecule has 2 rings (SSSR count). The molecule has 1 aromatic rings. The zero-order valence-electron chi connectivity index (χ0n) is 8.83. The van der Waals surface area contributed by atoms with Crippen molar-refractivity contribution in [3.63, 3.8) is 0 Å². The van der Waals surface area contributed by atoms with Gasteiger partial charge in [-0.05, 0) is 54.3 Å². The molecule has 4 heteroatoms. The minimum Gasteiger partial charge on any atom is -0.253 e. The van der Waals surface area contributed by atoms with Crippen LogP contribution in [-0.2, 0) is 35.9 Å². The van der Waals surface area contributed by atoms with Gasteiger partial charge in [0.2, 0.25) is 0 Å². The van der Waals surface area contributed by atoms with E-state index < -0.39 is 7.15 Å². The summed E-state index contributed by atoms with van der Waals surface area (Å²) in [5, 5.41) is 2.93. The first-order valence-corrected chi connectivity index (χ1v) is 8.75. The van der Waals surface area contributed by atoms with E-state index in [2.05, 4.69) is 29.3 Å². The largest absolute Gasteiger partial charge is 0.253 e. The second kappa shape index (κ2) is 5.17. The smallest absolute Gasteiger partial charge is 0.0851 e. The van der Waals surface area contributed by atoms with E-state index >= 15 is 0 Å². The van der Waals surface area contributed by atoms with Crippen molar-refractivity contribution in [1.82, 2.24) is 0 Å². The summed E-state index contributed by atoms with van der Waals surface area (Å²) in [6.07, 6.45) is 4.85. The highest BCUT2D eigenvalue weighted by Gasteiger charge is 2.11. The maximum atomic E-state index is 5.34. The van der Waals surface area contributed by atoms with Crippen molar-refractivity contribution in [3.8, 4) is 0 Å². The minimum atomic E-state index is -1.51. The van der Waals surface area contributed by atoms with Crippen molar-refractivity contribution >= 4 is 34.6 Å². The molecule has 0 saturated heterocycles. The standard InChI is InChI=1S/C12H13NS3/c14-16(15)10-9-13-12(16)8-4-7-11-5-2-1-3-6-11/h1-3,5-6,9-10H,4,7-8H2. The minimum absolute atomic E-state index is 0.935. The van der Waals surface area contributed by atoms with Gasteiger partial charge < -0.3 is 0 Å². The lowest BCUT2D eigenvalue weighted by Gasteiger charge is -2.04. The molecule has 0 radical (unpaired) electrons. The van der Waals surface area contributed by atoms with Crippen LogP contribution in [0.15, 0.2) is 46.9 Å². The lowest BCUT2D eigenvalue weighted by molar-refractivity contribution is 0.871. The second-order valence-electron chi connectivity index (χ2n) is 3.69. The zero-order chi connectivity index (χ0) is 11.4. The van der Waals surface area contributed by atoms with Crippen molar-refractivity contribution in [1.29, 1.82) is 0 Å². The van der Waals surface area contributed by atoms with Gasteiger partial charge in [-0.2, -0.15) is 0 Å². The monoisotopic (exact) mass is 267 g/mol. The van der Waals surface area contributed by atoms with Crippen molar-refractivity contribution in [2.75, 3.05) is 0 Å². The molecule has 0 amide bonds. The van der Waals surface area contributed by atoms with Crippen LogP contribution in [0.25, 0.3) is 0 Å². The van der Waals surface area contributed by atoms with Crippen molar-refractivity contribution in [3.05, 3.63) is 47.5 Å². The van der Waals surface area contributed by atoms with Crippen LogP contribution in [0.3, 0.4) is 0 Å². The first kappa shape index (κ1) is 11.9. The van der Waals surface area contributed by atoms with E-state index in [0.717, 1.165) is 24.3 Å². The van der Waals surface area contributed by atoms with Crippen LogP contribution in [-0.4, -0.2) is 5.04 Å². The molecule has 0 fully saturated rings. The average molecular weight is 267 g/mol. The van der Waals surface area contributed by atoms with Crippen LogP contribution in [0.4, 0.5) is 0 Å². The van der Waals surface area contributed by atoms with Crippen molar-refractivity contribution in [2.45, 2.75) is 19.3 Å². The number of benzene rings is 1. The molecule has 1 heterocycles. The molecule has 1 aromatic carbocycles. The Morgan fingerprint density at radius 3 is 2.44 bits per heavy atom. The molecule has 0 saturated carbocycles. The van der Waals surface area contributed by atoms with Gasteiger partial charge in [0.15, 0.2) is 0 Å². The van der Waals surface area contributed by atoms with Crippen molar-refractivity contribution in [2.24, 2.45) is 4.99 Å². The Kier molecular flexibility index (Phi) is 3.84. The Bertz CT molecular complexity index is 512. The van der Waals surface area contributed by atoms with Crippen molar-refractivity contribution < 1.29 is 0 Å². The maximum absolute atomic E-state index is 5.34. The number of hydrogen-bond acceptors (Lipinski definition) is 3. The molecule has 0 N–H and O–H groups in total. The summed E-state index contributed by atoms with van der Waals surface area (Å²) in [5.74, 6) is 0. The lowest BCUT2D eigenvalue weighted by Crippen LogP contribution is -2.06. The van der Waals surface area contributed by atoms with Gasteiger partial charge in [-0.1, -0.05) is 30.3 Å². The van der Waals surface area contributed by atoms with Gasteiger partial charge in [-0.15, -0.1) is 0 Å². The molecule has 0 aliphatic carbocycles. The summed E-state index contributed by atoms with van der Waals surface area (Å²) in [7, 11) is -1.51. The molecule has 0 aromatic heterocycles. The first-order valence-electron chi connectivity index (χ1n) is 5.21. The Morgan fingerprint density at radius 1 is 1.06 bits per heavy atom. The van der Waals surface area contributed by atoms with Crippen LogP contribution >= 0.6 is 0 Å². The molecule has 0 bridgehead atoms. The van der Waals surface area contributed by atoms with Gasteiger partial charge >= 0.3 is 0 Å². The molecule has 0 atom stereocenters. The molecule has 16 heavy (non-hydrogen) atoms. The highest BCUT2D eigenvalue weighted by atomic mass is 33.1. The zero-order valence-corrected chi connectivity index (χ0v) is 11.3. The summed E-state index contributed by atoms with van der Waals surface area (Å²) < 4.78 is 0. The van der Waals surface area contributed by atoms with Gasteiger partial charge in [-0.25, -0.2) is 0 Å². The summed E-state index contributed by atoms with van der Waals surface area (Å²) in [6, 6.07) is 10.5. The quantitative estimate of drug-likeness (QED) is 0.831. The predicted octanol–water partition coefficient (Wildman–Crippen LogP) is 2.97. The molecular formula is C12H13NS3. The van der Waals surface area contributed by atoms with Gasteiger partial charge in [0, 0.05) is 11.6 Å². The fourth-order valence-electron chi connectivity index (χ4n) is 1.64. The summed E-state index contributed by atoms with van der Waals surface area (Å²) >= 11 is 10.7. The van der Waals surface area contributed by atoms with Crippen LogP contribution < -0.4 is 0 Å². The Labute approximate surface area is 106 Å². The van der Waals surface area contributed by atoms with E-state index in [0.29, 0.717) is 0 Å². The number of aliphatic imine (C=N–C) groups is 1. The summed E-state index contributed by atoms with van der Waals surface area (Å²) in [4.78, 5) is 4.28. The van der Waals surface area contributed by atoms with Gasteiger partial charge in [0.1, 0.15) is 0 Å². The number of nitrogens with zero attached hydrogens (tertiary/aromatic N) is 1. The summed E-state index contributed by atoms with van der Waals surface area (Å²) in [5.41, 5.74) is 1.36. The van der Waals surface area contributed by atoms with Gasteiger partial charge in [0.05, 0.1) is 5.04 Å². The number of hydrogen-bond donors (Lipinski definition) is 0. The first-order chi connectivity index (χ1) is 7.68. The average Bonchev–Trinajstić information content (AvgIpc) is 2.60. The fourth-order valence-corrected chi connectivity index (χ4v) is 3.71. The Balaban J connectivity index is 1.87. The lowest BCUT2D eigenvalue weighted by atomic mass is 10.1. The molecule has 1 aliphatic rings. The van der Waals surface area contributed by atoms with E-state index in [9.17, 15) is 0 Å². The number of aryl methyl sites for hydroxylation is 1.